The van der Waals surface area contributed by atoms with Gasteiger partial charge in [-0.05, 0) is 36.4 Å². The second-order valence-electron chi connectivity index (χ2n) is 6.81. The Morgan fingerprint density at radius 2 is 1.84 bits per heavy atom. The van der Waals surface area contributed by atoms with E-state index in [1.54, 1.807) is 60.6 Å². The fraction of sp³-hybridized carbons (Fsp3) is 0.130. The summed E-state index contributed by atoms with van der Waals surface area (Å²) in [6.45, 7) is 0.553. The molecule has 0 aliphatic heterocycles. The molecule has 0 saturated carbocycles. The van der Waals surface area contributed by atoms with Crippen LogP contribution in [0.4, 0.5) is 5.69 Å². The summed E-state index contributed by atoms with van der Waals surface area (Å²) in [5, 5.41) is 8.11. The van der Waals surface area contributed by atoms with E-state index in [4.69, 9.17) is 37.1 Å². The van der Waals surface area contributed by atoms with Crippen molar-refractivity contribution in [1.29, 1.82) is 0 Å². The van der Waals surface area contributed by atoms with E-state index in [1.165, 1.54) is 0 Å². The van der Waals surface area contributed by atoms with Gasteiger partial charge in [-0.15, -0.1) is 0 Å². The predicted molar refractivity (Wildman–Crippen MR) is 122 cm³/mol. The highest BCUT2D eigenvalue weighted by Crippen LogP contribution is 2.25. The van der Waals surface area contributed by atoms with Gasteiger partial charge in [0.15, 0.2) is 5.76 Å². The van der Waals surface area contributed by atoms with E-state index in [2.05, 4.69) is 10.4 Å². The van der Waals surface area contributed by atoms with Crippen LogP contribution in [-0.2, 0) is 13.2 Å². The normalized spacial score (nSPS) is 10.7. The van der Waals surface area contributed by atoms with Gasteiger partial charge in [0.2, 0.25) is 0 Å². The topological polar surface area (TPSA) is 78.5 Å². The number of hydrogen-bond donors (Lipinski definition) is 1. The van der Waals surface area contributed by atoms with Crippen LogP contribution in [0.15, 0.2) is 71.4 Å². The van der Waals surface area contributed by atoms with E-state index in [-0.39, 0.29) is 12.4 Å². The minimum absolute atomic E-state index is 0.163. The number of furan rings is 1. The number of carbonyl (C=O) groups excluding carboxylic acids is 1. The molecule has 0 radical (unpaired) electrons. The van der Waals surface area contributed by atoms with Crippen molar-refractivity contribution in [3.63, 3.8) is 0 Å². The van der Waals surface area contributed by atoms with Crippen LogP contribution in [0.3, 0.4) is 0 Å². The van der Waals surface area contributed by atoms with Crippen molar-refractivity contribution < 1.29 is 18.7 Å². The molecule has 2 heterocycles. The standard InChI is InChI=1S/C23H19Cl2N3O4/c1-30-16-4-2-5-17(10-16)31-14-18-8-9-22(32-18)23(29)27-15-11-26-28(12-15)13-19-20(24)6-3-7-21(19)25/h2-12H,13-14H2,1H3,(H,27,29). The molecule has 0 saturated heterocycles. The molecule has 7 nitrogen and oxygen atoms in total. The van der Waals surface area contributed by atoms with Crippen molar-refractivity contribution in [2.75, 3.05) is 12.4 Å². The summed E-state index contributed by atoms with van der Waals surface area (Å²) >= 11 is 12.4. The quantitative estimate of drug-likeness (QED) is 0.358. The molecule has 4 aromatic rings. The van der Waals surface area contributed by atoms with Crippen LogP contribution < -0.4 is 14.8 Å². The van der Waals surface area contributed by atoms with Crippen LogP contribution in [0.1, 0.15) is 21.9 Å². The maximum atomic E-state index is 12.5. The Labute approximate surface area is 194 Å². The van der Waals surface area contributed by atoms with Crippen LogP contribution in [0.5, 0.6) is 11.5 Å². The van der Waals surface area contributed by atoms with Gasteiger partial charge < -0.3 is 19.2 Å². The molecule has 32 heavy (non-hydrogen) atoms. The monoisotopic (exact) mass is 471 g/mol. The number of aromatic nitrogens is 2. The van der Waals surface area contributed by atoms with Gasteiger partial charge in [0.05, 0.1) is 25.5 Å². The van der Waals surface area contributed by atoms with Crippen LogP contribution in [-0.4, -0.2) is 22.8 Å². The van der Waals surface area contributed by atoms with Crippen molar-refractivity contribution in [3.05, 3.63) is 94.1 Å². The van der Waals surface area contributed by atoms with Gasteiger partial charge in [-0.3, -0.25) is 9.48 Å². The number of hydrogen-bond acceptors (Lipinski definition) is 5. The molecule has 0 unspecified atom stereocenters. The number of ether oxygens (including phenoxy) is 2. The number of carbonyl (C=O) groups is 1. The van der Waals surface area contributed by atoms with Gasteiger partial charge in [-0.25, -0.2) is 0 Å². The van der Waals surface area contributed by atoms with Crippen molar-refractivity contribution >= 4 is 34.8 Å². The summed E-state index contributed by atoms with van der Waals surface area (Å²) in [7, 11) is 1.59. The van der Waals surface area contributed by atoms with E-state index in [0.29, 0.717) is 39.5 Å². The highest BCUT2D eigenvalue weighted by atomic mass is 35.5. The number of amides is 1. The summed E-state index contributed by atoms with van der Waals surface area (Å²) in [5.74, 6) is 1.61. The summed E-state index contributed by atoms with van der Waals surface area (Å²) in [6.07, 6.45) is 3.23. The van der Waals surface area contributed by atoms with Gasteiger partial charge in [-0.2, -0.15) is 5.10 Å². The first-order valence-corrected chi connectivity index (χ1v) is 10.4. The predicted octanol–water partition coefficient (Wildman–Crippen LogP) is 5.67. The van der Waals surface area contributed by atoms with Crippen molar-refractivity contribution in [2.24, 2.45) is 0 Å². The van der Waals surface area contributed by atoms with Crippen molar-refractivity contribution in [2.45, 2.75) is 13.2 Å². The number of methoxy groups -OCH3 is 1. The van der Waals surface area contributed by atoms with E-state index in [9.17, 15) is 4.79 Å². The Hall–Kier alpha value is -3.42. The average Bonchev–Trinajstić information content (AvgIpc) is 3.45. The molecule has 164 valence electrons. The largest absolute Gasteiger partial charge is 0.497 e. The number of nitrogens with one attached hydrogen (secondary N) is 1. The maximum Gasteiger partial charge on any atom is 0.291 e. The number of nitrogens with zero attached hydrogens (tertiary/aromatic N) is 2. The zero-order valence-electron chi connectivity index (χ0n) is 17.0. The lowest BCUT2D eigenvalue weighted by atomic mass is 10.2. The minimum Gasteiger partial charge on any atom is -0.497 e. The molecule has 0 fully saturated rings. The lowest BCUT2D eigenvalue weighted by Crippen LogP contribution is -2.10. The first-order chi connectivity index (χ1) is 15.5. The second kappa shape index (κ2) is 9.80. The summed E-state index contributed by atoms with van der Waals surface area (Å²) in [6, 6.07) is 15.8. The molecule has 1 N–H and O–H groups in total. The molecule has 1 amide bonds. The molecule has 0 bridgehead atoms. The Bertz CT molecular complexity index is 1220. The van der Waals surface area contributed by atoms with Crippen molar-refractivity contribution in [1.82, 2.24) is 9.78 Å². The van der Waals surface area contributed by atoms with Gasteiger partial charge in [-0.1, -0.05) is 35.3 Å². The molecular formula is C23H19Cl2N3O4. The van der Waals surface area contributed by atoms with Crippen LogP contribution in [0, 0.1) is 0 Å². The van der Waals surface area contributed by atoms with Crippen molar-refractivity contribution in [3.8, 4) is 11.5 Å². The van der Waals surface area contributed by atoms with Crippen LogP contribution >= 0.6 is 23.2 Å². The zero-order chi connectivity index (χ0) is 22.5. The molecule has 0 atom stereocenters. The van der Waals surface area contributed by atoms with Gasteiger partial charge in [0, 0.05) is 27.9 Å². The van der Waals surface area contributed by atoms with E-state index >= 15 is 0 Å². The maximum absolute atomic E-state index is 12.5. The second-order valence-corrected chi connectivity index (χ2v) is 7.63. The third-order valence-electron chi connectivity index (χ3n) is 4.58. The molecule has 0 aliphatic carbocycles. The fourth-order valence-electron chi connectivity index (χ4n) is 2.98. The molecule has 2 aromatic carbocycles. The number of benzene rings is 2. The molecular weight excluding hydrogens is 453 g/mol. The fourth-order valence-corrected chi connectivity index (χ4v) is 3.49. The van der Waals surface area contributed by atoms with Crippen LogP contribution in [0.2, 0.25) is 10.0 Å². The van der Waals surface area contributed by atoms with E-state index in [1.807, 2.05) is 18.2 Å². The molecule has 4 rings (SSSR count). The molecule has 2 aromatic heterocycles. The molecule has 0 spiro atoms. The number of rotatable bonds is 8. The SMILES string of the molecule is COc1cccc(OCc2ccc(C(=O)Nc3cnn(Cc4c(Cl)cccc4Cl)c3)o2)c1. The van der Waals surface area contributed by atoms with E-state index < -0.39 is 5.91 Å². The van der Waals surface area contributed by atoms with Gasteiger partial charge in [0.25, 0.3) is 5.91 Å². The summed E-state index contributed by atoms with van der Waals surface area (Å²) in [4.78, 5) is 12.5. The lowest BCUT2D eigenvalue weighted by Gasteiger charge is -2.06. The first kappa shape index (κ1) is 21.8. The highest BCUT2D eigenvalue weighted by Gasteiger charge is 2.14. The first-order valence-electron chi connectivity index (χ1n) is 9.64. The lowest BCUT2D eigenvalue weighted by molar-refractivity contribution is 0.0992. The van der Waals surface area contributed by atoms with Crippen LogP contribution in [0.25, 0.3) is 0 Å². The average molecular weight is 472 g/mol. The third-order valence-corrected chi connectivity index (χ3v) is 5.29. The zero-order valence-corrected chi connectivity index (χ0v) is 18.6. The molecule has 0 aliphatic rings. The number of halogens is 2. The summed E-state index contributed by atoms with van der Waals surface area (Å²) < 4.78 is 18.1. The minimum atomic E-state index is -0.395. The Morgan fingerprint density at radius 1 is 1.09 bits per heavy atom. The highest BCUT2D eigenvalue weighted by molar-refractivity contribution is 6.35. The third kappa shape index (κ3) is 5.25. The Morgan fingerprint density at radius 3 is 2.62 bits per heavy atom. The number of anilines is 1. The smallest absolute Gasteiger partial charge is 0.291 e. The summed E-state index contributed by atoms with van der Waals surface area (Å²) in [5.41, 5.74) is 1.27. The van der Waals surface area contributed by atoms with E-state index in [0.717, 1.165) is 5.56 Å². The van der Waals surface area contributed by atoms with Gasteiger partial charge >= 0.3 is 0 Å². The van der Waals surface area contributed by atoms with Gasteiger partial charge in [0.1, 0.15) is 23.9 Å². The Balaban J connectivity index is 1.35. The Kier molecular flexibility index (Phi) is 6.68. The molecule has 9 heteroatoms.